The molecular formula is C18H13F3N4O2. The van der Waals surface area contributed by atoms with E-state index in [4.69, 9.17) is 0 Å². The topological polar surface area (TPSA) is 72.1 Å². The molecular weight excluding hydrogens is 361 g/mol. The van der Waals surface area contributed by atoms with Crippen molar-refractivity contribution in [2.24, 2.45) is 0 Å². The molecule has 27 heavy (non-hydrogen) atoms. The van der Waals surface area contributed by atoms with Crippen molar-refractivity contribution in [3.05, 3.63) is 65.3 Å². The lowest BCUT2D eigenvalue weighted by Gasteiger charge is -2.23. The minimum atomic E-state index is -4.72. The van der Waals surface area contributed by atoms with Gasteiger partial charge >= 0.3 is 12.1 Å². The van der Waals surface area contributed by atoms with Gasteiger partial charge in [-0.15, -0.1) is 0 Å². The molecule has 0 saturated heterocycles. The Balaban J connectivity index is 1.63. The molecule has 0 spiro atoms. The van der Waals surface area contributed by atoms with Crippen molar-refractivity contribution >= 4 is 5.91 Å². The maximum absolute atomic E-state index is 12.8. The number of pyridine rings is 1. The van der Waals surface area contributed by atoms with Crippen LogP contribution >= 0.6 is 0 Å². The zero-order valence-electron chi connectivity index (χ0n) is 14.1. The fraction of sp³-hybridized carbons (Fsp3) is 0.222. The van der Waals surface area contributed by atoms with Gasteiger partial charge in [-0.05, 0) is 30.7 Å². The third-order valence-corrected chi connectivity index (χ3v) is 4.45. The SMILES string of the molecule is CC(c1ccccn1)N1Cc2ccc(-c3noc(C(F)(F)F)n3)cc2C1=O. The monoisotopic (exact) mass is 374 g/mol. The van der Waals surface area contributed by atoms with Gasteiger partial charge in [0.25, 0.3) is 5.91 Å². The zero-order valence-corrected chi connectivity index (χ0v) is 14.1. The molecule has 0 saturated carbocycles. The quantitative estimate of drug-likeness (QED) is 0.696. The molecule has 0 fully saturated rings. The van der Waals surface area contributed by atoms with Crippen molar-refractivity contribution in [2.75, 3.05) is 0 Å². The fourth-order valence-corrected chi connectivity index (χ4v) is 3.01. The van der Waals surface area contributed by atoms with E-state index < -0.39 is 12.1 Å². The molecule has 1 unspecified atom stereocenters. The highest BCUT2D eigenvalue weighted by Gasteiger charge is 2.39. The normalized spacial score (nSPS) is 15.1. The maximum atomic E-state index is 12.8. The van der Waals surface area contributed by atoms with Crippen molar-refractivity contribution in [1.82, 2.24) is 20.0 Å². The second kappa shape index (κ2) is 6.19. The first kappa shape index (κ1) is 17.2. The first-order chi connectivity index (χ1) is 12.8. The lowest BCUT2D eigenvalue weighted by molar-refractivity contribution is -0.159. The zero-order chi connectivity index (χ0) is 19.2. The maximum Gasteiger partial charge on any atom is 0.471 e. The highest BCUT2D eigenvalue weighted by atomic mass is 19.4. The van der Waals surface area contributed by atoms with Gasteiger partial charge in [0.15, 0.2) is 0 Å². The third-order valence-electron chi connectivity index (χ3n) is 4.45. The number of aromatic nitrogens is 3. The molecule has 0 radical (unpaired) electrons. The number of rotatable bonds is 3. The summed E-state index contributed by atoms with van der Waals surface area (Å²) in [5.74, 6) is -1.85. The van der Waals surface area contributed by atoms with E-state index in [9.17, 15) is 18.0 Å². The van der Waals surface area contributed by atoms with Gasteiger partial charge in [-0.2, -0.15) is 18.2 Å². The van der Waals surface area contributed by atoms with E-state index >= 15 is 0 Å². The Morgan fingerprint density at radius 3 is 2.70 bits per heavy atom. The molecule has 3 aromatic rings. The van der Waals surface area contributed by atoms with Crippen molar-refractivity contribution < 1.29 is 22.5 Å². The predicted octanol–water partition coefficient (Wildman–Crippen LogP) is 3.87. The molecule has 9 heteroatoms. The number of hydrogen-bond donors (Lipinski definition) is 0. The number of hydrogen-bond acceptors (Lipinski definition) is 5. The molecule has 4 rings (SSSR count). The Morgan fingerprint density at radius 2 is 2.04 bits per heavy atom. The van der Waals surface area contributed by atoms with Crippen LogP contribution < -0.4 is 0 Å². The number of benzene rings is 1. The molecule has 2 aromatic heterocycles. The molecule has 1 aliphatic heterocycles. The summed E-state index contributed by atoms with van der Waals surface area (Å²) >= 11 is 0. The molecule has 138 valence electrons. The number of nitrogens with zero attached hydrogens (tertiary/aromatic N) is 4. The van der Waals surface area contributed by atoms with Crippen molar-refractivity contribution in [1.29, 1.82) is 0 Å². The Morgan fingerprint density at radius 1 is 1.22 bits per heavy atom. The van der Waals surface area contributed by atoms with Gasteiger partial charge in [-0.25, -0.2) is 0 Å². The van der Waals surface area contributed by atoms with Crippen molar-refractivity contribution in [3.63, 3.8) is 0 Å². The molecule has 0 bridgehead atoms. The van der Waals surface area contributed by atoms with E-state index in [-0.39, 0.29) is 23.3 Å². The molecule has 1 aromatic carbocycles. The highest BCUT2D eigenvalue weighted by molar-refractivity contribution is 5.99. The Bertz CT molecular complexity index is 1000. The van der Waals surface area contributed by atoms with Crippen LogP contribution in [-0.2, 0) is 12.7 Å². The van der Waals surface area contributed by atoms with Crippen LogP contribution in [0, 0.1) is 0 Å². The molecule has 0 aliphatic carbocycles. The van der Waals surface area contributed by atoms with E-state index in [2.05, 4.69) is 19.6 Å². The number of carbonyl (C=O) groups excluding carboxylic acids is 1. The van der Waals surface area contributed by atoms with Gasteiger partial charge < -0.3 is 9.42 Å². The van der Waals surface area contributed by atoms with Gasteiger partial charge in [0, 0.05) is 23.9 Å². The van der Waals surface area contributed by atoms with Gasteiger partial charge in [0.1, 0.15) is 0 Å². The van der Waals surface area contributed by atoms with Crippen LogP contribution in [-0.4, -0.2) is 25.9 Å². The molecule has 0 N–H and O–H groups in total. The largest absolute Gasteiger partial charge is 0.471 e. The smallest absolute Gasteiger partial charge is 0.329 e. The van der Waals surface area contributed by atoms with Gasteiger partial charge in [-0.3, -0.25) is 9.78 Å². The lowest BCUT2D eigenvalue weighted by Crippen LogP contribution is -2.27. The Kier molecular flexibility index (Phi) is 3.94. The van der Waals surface area contributed by atoms with Crippen LogP contribution in [0.4, 0.5) is 13.2 Å². The second-order valence-corrected chi connectivity index (χ2v) is 6.16. The first-order valence-corrected chi connectivity index (χ1v) is 8.10. The third kappa shape index (κ3) is 3.05. The summed E-state index contributed by atoms with van der Waals surface area (Å²) in [6, 6.07) is 10.0. The van der Waals surface area contributed by atoms with Crippen molar-refractivity contribution in [3.8, 4) is 11.4 Å². The number of amides is 1. The van der Waals surface area contributed by atoms with Crippen LogP contribution in [0.25, 0.3) is 11.4 Å². The first-order valence-electron chi connectivity index (χ1n) is 8.10. The van der Waals surface area contributed by atoms with Crippen LogP contribution in [0.1, 0.15) is 40.5 Å². The number of fused-ring (bicyclic) bond motifs is 1. The Labute approximate surface area is 151 Å². The average Bonchev–Trinajstić information content (AvgIpc) is 3.27. The van der Waals surface area contributed by atoms with Gasteiger partial charge in [-0.1, -0.05) is 23.4 Å². The summed E-state index contributed by atoms with van der Waals surface area (Å²) in [5, 5.41) is 3.36. The van der Waals surface area contributed by atoms with Crippen molar-refractivity contribution in [2.45, 2.75) is 25.7 Å². The summed E-state index contributed by atoms with van der Waals surface area (Å²) in [4.78, 5) is 22.1. The minimum Gasteiger partial charge on any atom is -0.329 e. The summed E-state index contributed by atoms with van der Waals surface area (Å²) in [6.45, 7) is 2.27. The molecule has 6 nitrogen and oxygen atoms in total. The number of halogens is 3. The molecule has 1 aliphatic rings. The number of carbonyl (C=O) groups is 1. The van der Waals surface area contributed by atoms with Gasteiger partial charge in [0.2, 0.25) is 5.82 Å². The van der Waals surface area contributed by atoms with E-state index in [0.29, 0.717) is 12.1 Å². The minimum absolute atomic E-state index is 0.214. The Hall–Kier alpha value is -3.23. The highest BCUT2D eigenvalue weighted by Crippen LogP contribution is 2.34. The molecule has 1 amide bonds. The lowest BCUT2D eigenvalue weighted by atomic mass is 10.1. The average molecular weight is 374 g/mol. The van der Waals surface area contributed by atoms with E-state index in [1.165, 1.54) is 6.07 Å². The summed E-state index contributed by atoms with van der Waals surface area (Å²) in [6.07, 6.45) is -3.06. The van der Waals surface area contributed by atoms with Crippen LogP contribution in [0.3, 0.4) is 0 Å². The van der Waals surface area contributed by atoms with E-state index in [0.717, 1.165) is 11.3 Å². The summed E-state index contributed by atoms with van der Waals surface area (Å²) in [5.41, 5.74) is 2.24. The second-order valence-electron chi connectivity index (χ2n) is 6.16. The van der Waals surface area contributed by atoms with E-state index in [1.54, 1.807) is 29.3 Å². The molecule has 3 heterocycles. The number of alkyl halides is 3. The summed E-state index contributed by atoms with van der Waals surface area (Å²) in [7, 11) is 0. The van der Waals surface area contributed by atoms with Crippen LogP contribution in [0.2, 0.25) is 0 Å². The predicted molar refractivity (Wildman–Crippen MR) is 87.3 cm³/mol. The summed E-state index contributed by atoms with van der Waals surface area (Å²) < 4.78 is 42.2. The van der Waals surface area contributed by atoms with E-state index in [1.807, 2.05) is 19.1 Å². The van der Waals surface area contributed by atoms with Gasteiger partial charge in [0.05, 0.1) is 11.7 Å². The van der Waals surface area contributed by atoms with Crippen LogP contribution in [0.15, 0.2) is 47.1 Å². The fourth-order valence-electron chi connectivity index (χ4n) is 3.01. The molecule has 1 atom stereocenters. The van der Waals surface area contributed by atoms with Crippen LogP contribution in [0.5, 0.6) is 0 Å². The standard InChI is InChI=1S/C18H13F3N4O2/c1-10(14-4-2-3-7-22-14)25-9-12-6-5-11(8-13(12)16(25)26)15-23-17(27-24-15)18(19,20)21/h2-8,10H,9H2,1H3.